The van der Waals surface area contributed by atoms with E-state index in [0.29, 0.717) is 5.46 Å². The van der Waals surface area contributed by atoms with Gasteiger partial charge in [0, 0.05) is 5.56 Å². The molecule has 20 heavy (non-hydrogen) atoms. The molecule has 1 aromatic heterocycles. The fraction of sp³-hybridized carbons (Fsp3) is 0.0714. The second-order valence-electron chi connectivity index (χ2n) is 4.35. The Balaban J connectivity index is 2.01. The highest BCUT2D eigenvalue weighted by Gasteiger charge is 2.12. The third-order valence-corrected chi connectivity index (χ3v) is 4.12. The lowest BCUT2D eigenvalue weighted by Gasteiger charge is -2.00. The Hall–Kier alpha value is -1.89. The zero-order chi connectivity index (χ0) is 14.1. The van der Waals surface area contributed by atoms with Gasteiger partial charge < -0.3 is 14.8 Å². The summed E-state index contributed by atoms with van der Waals surface area (Å²) < 4.78 is 6.26. The van der Waals surface area contributed by atoms with E-state index in [9.17, 15) is 0 Å². The standard InChI is InChI=1S/C14H12BNO3S/c1-19-11-6-7-12-13(8-11)20-14(16-12)9-2-4-10(5-3-9)15(17)18/h2-8,17-18H,1H3. The lowest BCUT2D eigenvalue weighted by atomic mass is 9.80. The minimum absolute atomic E-state index is 0.469. The van der Waals surface area contributed by atoms with E-state index in [2.05, 4.69) is 4.98 Å². The summed E-state index contributed by atoms with van der Waals surface area (Å²) >= 11 is 1.58. The third-order valence-electron chi connectivity index (χ3n) is 3.05. The van der Waals surface area contributed by atoms with Crippen molar-refractivity contribution in [3.8, 4) is 16.3 Å². The Labute approximate surface area is 120 Å². The van der Waals surface area contributed by atoms with Crippen LogP contribution in [-0.4, -0.2) is 29.3 Å². The van der Waals surface area contributed by atoms with Gasteiger partial charge >= 0.3 is 7.12 Å². The summed E-state index contributed by atoms with van der Waals surface area (Å²) in [4.78, 5) is 4.57. The number of ether oxygens (including phenoxy) is 1. The minimum Gasteiger partial charge on any atom is -0.497 e. The molecule has 2 N–H and O–H groups in total. The lowest BCUT2D eigenvalue weighted by Crippen LogP contribution is -2.29. The molecule has 6 heteroatoms. The van der Waals surface area contributed by atoms with Crippen molar-refractivity contribution in [2.45, 2.75) is 0 Å². The minimum atomic E-state index is -1.44. The van der Waals surface area contributed by atoms with Crippen molar-refractivity contribution in [2.75, 3.05) is 7.11 Å². The average Bonchev–Trinajstić information content (AvgIpc) is 2.90. The Morgan fingerprint density at radius 2 is 1.85 bits per heavy atom. The number of methoxy groups -OCH3 is 1. The number of nitrogens with zero attached hydrogens (tertiary/aromatic N) is 1. The first-order valence-corrected chi connectivity index (χ1v) is 6.90. The smallest absolute Gasteiger partial charge is 0.488 e. The van der Waals surface area contributed by atoms with Crippen LogP contribution in [0.15, 0.2) is 42.5 Å². The number of hydrogen-bond acceptors (Lipinski definition) is 5. The summed E-state index contributed by atoms with van der Waals surface area (Å²) in [6.07, 6.45) is 0. The fourth-order valence-electron chi connectivity index (χ4n) is 1.95. The molecule has 100 valence electrons. The van der Waals surface area contributed by atoms with Crippen LogP contribution in [-0.2, 0) is 0 Å². The Morgan fingerprint density at radius 3 is 2.50 bits per heavy atom. The molecule has 2 aromatic carbocycles. The quantitative estimate of drug-likeness (QED) is 0.718. The van der Waals surface area contributed by atoms with Gasteiger partial charge in [-0.3, -0.25) is 0 Å². The molecular weight excluding hydrogens is 273 g/mol. The maximum Gasteiger partial charge on any atom is 0.488 e. The van der Waals surface area contributed by atoms with Gasteiger partial charge in [-0.25, -0.2) is 4.98 Å². The number of thiazole rings is 1. The number of benzene rings is 2. The monoisotopic (exact) mass is 285 g/mol. The van der Waals surface area contributed by atoms with Gasteiger partial charge in [-0.1, -0.05) is 24.3 Å². The molecule has 0 aliphatic carbocycles. The molecule has 0 aliphatic rings. The maximum atomic E-state index is 9.09. The molecule has 0 bridgehead atoms. The van der Waals surface area contributed by atoms with Gasteiger partial charge in [-0.15, -0.1) is 11.3 Å². The molecule has 0 radical (unpaired) electrons. The zero-order valence-electron chi connectivity index (χ0n) is 10.8. The van der Waals surface area contributed by atoms with Crippen LogP contribution in [0.1, 0.15) is 0 Å². The van der Waals surface area contributed by atoms with Crippen molar-refractivity contribution in [2.24, 2.45) is 0 Å². The van der Waals surface area contributed by atoms with E-state index in [1.165, 1.54) is 0 Å². The number of aromatic nitrogens is 1. The van der Waals surface area contributed by atoms with Crippen LogP contribution in [0.2, 0.25) is 0 Å². The predicted octanol–water partition coefficient (Wildman–Crippen LogP) is 1.65. The van der Waals surface area contributed by atoms with E-state index in [1.54, 1.807) is 30.6 Å². The topological polar surface area (TPSA) is 62.6 Å². The second-order valence-corrected chi connectivity index (χ2v) is 5.38. The molecule has 0 spiro atoms. The lowest BCUT2D eigenvalue weighted by molar-refractivity contribution is 0.415. The first-order chi connectivity index (χ1) is 9.67. The zero-order valence-corrected chi connectivity index (χ0v) is 11.6. The van der Waals surface area contributed by atoms with Gasteiger partial charge in [0.15, 0.2) is 0 Å². The van der Waals surface area contributed by atoms with Gasteiger partial charge in [0.2, 0.25) is 0 Å². The van der Waals surface area contributed by atoms with Crippen LogP contribution < -0.4 is 10.2 Å². The summed E-state index contributed by atoms with van der Waals surface area (Å²) in [6.45, 7) is 0. The van der Waals surface area contributed by atoms with E-state index >= 15 is 0 Å². The van der Waals surface area contributed by atoms with Gasteiger partial charge in [0.05, 0.1) is 17.3 Å². The van der Waals surface area contributed by atoms with Gasteiger partial charge in [0.1, 0.15) is 10.8 Å². The second kappa shape index (κ2) is 5.24. The van der Waals surface area contributed by atoms with Crippen LogP contribution >= 0.6 is 11.3 Å². The van der Waals surface area contributed by atoms with Crippen molar-refractivity contribution in [1.82, 2.24) is 4.98 Å². The van der Waals surface area contributed by atoms with Crippen LogP contribution in [0.3, 0.4) is 0 Å². The highest BCUT2D eigenvalue weighted by atomic mass is 32.1. The van der Waals surface area contributed by atoms with Crippen molar-refractivity contribution < 1.29 is 14.8 Å². The molecule has 0 amide bonds. The third kappa shape index (κ3) is 2.41. The fourth-order valence-corrected chi connectivity index (χ4v) is 2.95. The first-order valence-electron chi connectivity index (χ1n) is 6.08. The summed E-state index contributed by atoms with van der Waals surface area (Å²) in [5, 5.41) is 19.1. The first kappa shape index (κ1) is 13.1. The van der Waals surface area contributed by atoms with Crippen LogP contribution in [0, 0.1) is 0 Å². The van der Waals surface area contributed by atoms with Crippen LogP contribution in [0.5, 0.6) is 5.75 Å². The average molecular weight is 285 g/mol. The molecule has 0 aliphatic heterocycles. The molecule has 3 aromatic rings. The van der Waals surface area contributed by atoms with E-state index in [0.717, 1.165) is 26.5 Å². The summed E-state index contributed by atoms with van der Waals surface area (Å²) in [7, 11) is 0.200. The molecule has 4 nitrogen and oxygen atoms in total. The largest absolute Gasteiger partial charge is 0.497 e. The summed E-state index contributed by atoms with van der Waals surface area (Å²) in [5.74, 6) is 0.812. The molecule has 0 atom stereocenters. The molecule has 1 heterocycles. The van der Waals surface area contributed by atoms with Crippen molar-refractivity contribution >= 4 is 34.1 Å². The Morgan fingerprint density at radius 1 is 1.10 bits per heavy atom. The highest BCUT2D eigenvalue weighted by Crippen LogP contribution is 2.31. The Kier molecular flexibility index (Phi) is 3.44. The van der Waals surface area contributed by atoms with E-state index in [4.69, 9.17) is 14.8 Å². The molecule has 0 unspecified atom stereocenters. The van der Waals surface area contributed by atoms with Crippen molar-refractivity contribution in [3.05, 3.63) is 42.5 Å². The van der Waals surface area contributed by atoms with Gasteiger partial charge in [0.25, 0.3) is 0 Å². The number of fused-ring (bicyclic) bond motifs is 1. The number of rotatable bonds is 3. The summed E-state index contributed by atoms with van der Waals surface area (Å²) in [5.41, 5.74) is 2.35. The van der Waals surface area contributed by atoms with Crippen molar-refractivity contribution in [1.29, 1.82) is 0 Å². The summed E-state index contributed by atoms with van der Waals surface area (Å²) in [6, 6.07) is 12.8. The molecule has 3 rings (SSSR count). The normalized spacial score (nSPS) is 10.8. The number of hydrogen-bond donors (Lipinski definition) is 2. The molecule has 0 saturated heterocycles. The molecule has 0 fully saturated rings. The van der Waals surface area contributed by atoms with Crippen LogP contribution in [0.25, 0.3) is 20.8 Å². The molecule has 0 saturated carbocycles. The van der Waals surface area contributed by atoms with E-state index in [-0.39, 0.29) is 0 Å². The van der Waals surface area contributed by atoms with Gasteiger partial charge in [-0.05, 0) is 23.7 Å². The van der Waals surface area contributed by atoms with Gasteiger partial charge in [-0.2, -0.15) is 0 Å². The van der Waals surface area contributed by atoms with Crippen LogP contribution in [0.4, 0.5) is 0 Å². The predicted molar refractivity (Wildman–Crippen MR) is 81.4 cm³/mol. The van der Waals surface area contributed by atoms with Crippen molar-refractivity contribution in [3.63, 3.8) is 0 Å². The Bertz CT molecular complexity index is 740. The van der Waals surface area contributed by atoms with E-state index in [1.807, 2.05) is 30.3 Å². The SMILES string of the molecule is COc1ccc2nc(-c3ccc(B(O)O)cc3)sc2c1. The van der Waals surface area contributed by atoms with E-state index < -0.39 is 7.12 Å². The highest BCUT2D eigenvalue weighted by molar-refractivity contribution is 7.21. The maximum absolute atomic E-state index is 9.09. The molecular formula is C14H12BNO3S.